The number of likely N-dealkylation sites (tertiary alicyclic amines) is 1. The van der Waals surface area contributed by atoms with Crippen LogP contribution in [0.2, 0.25) is 0 Å². The largest absolute Gasteiger partial charge is 0.508 e. The molecule has 0 aliphatic carbocycles. The Labute approximate surface area is 174 Å². The van der Waals surface area contributed by atoms with Crippen molar-refractivity contribution in [3.05, 3.63) is 66.2 Å². The van der Waals surface area contributed by atoms with Crippen molar-refractivity contribution in [1.82, 2.24) is 10.2 Å². The van der Waals surface area contributed by atoms with Crippen LogP contribution in [0.25, 0.3) is 6.08 Å². The van der Waals surface area contributed by atoms with Gasteiger partial charge in [-0.05, 0) is 42.3 Å². The Morgan fingerprint density at radius 1 is 1.10 bits per heavy atom. The minimum atomic E-state index is -1.12. The summed E-state index contributed by atoms with van der Waals surface area (Å²) >= 11 is 0. The molecular weight excluding hydrogens is 386 g/mol. The number of phenols is 1. The van der Waals surface area contributed by atoms with Gasteiger partial charge in [0.05, 0.1) is 6.04 Å². The molecule has 2 aromatic carbocycles. The third kappa shape index (κ3) is 5.60. The van der Waals surface area contributed by atoms with Crippen LogP contribution in [-0.4, -0.2) is 58.7 Å². The number of amides is 3. The van der Waals surface area contributed by atoms with E-state index in [1.807, 2.05) is 30.3 Å². The van der Waals surface area contributed by atoms with Crippen molar-refractivity contribution in [3.63, 3.8) is 0 Å². The number of carbonyl (C=O) groups is 3. The van der Waals surface area contributed by atoms with E-state index in [4.69, 9.17) is 5.11 Å². The maximum Gasteiger partial charge on any atom is 0.404 e. The van der Waals surface area contributed by atoms with E-state index in [1.54, 1.807) is 23.1 Å². The normalized spacial score (nSPS) is 15.9. The molecular formula is C22H23N3O5. The Balaban J connectivity index is 1.74. The summed E-state index contributed by atoms with van der Waals surface area (Å²) < 4.78 is 0. The van der Waals surface area contributed by atoms with Crippen LogP contribution in [0.4, 0.5) is 10.5 Å². The van der Waals surface area contributed by atoms with E-state index in [0.717, 1.165) is 5.56 Å². The Bertz CT molecular complexity index is 928. The van der Waals surface area contributed by atoms with Crippen LogP contribution in [0, 0.1) is 0 Å². The molecule has 1 fully saturated rings. The van der Waals surface area contributed by atoms with Crippen LogP contribution in [0.1, 0.15) is 12.0 Å². The van der Waals surface area contributed by atoms with E-state index in [1.165, 1.54) is 23.1 Å². The average molecular weight is 409 g/mol. The van der Waals surface area contributed by atoms with Gasteiger partial charge in [-0.25, -0.2) is 4.79 Å². The third-order valence-corrected chi connectivity index (χ3v) is 4.81. The average Bonchev–Trinajstić information content (AvgIpc) is 3.19. The Kier molecular flexibility index (Phi) is 6.69. The van der Waals surface area contributed by atoms with Crippen LogP contribution >= 0.6 is 0 Å². The van der Waals surface area contributed by atoms with Gasteiger partial charge < -0.3 is 20.4 Å². The molecule has 0 bridgehead atoms. The highest BCUT2D eigenvalue weighted by atomic mass is 16.4. The van der Waals surface area contributed by atoms with Gasteiger partial charge in [0, 0.05) is 24.9 Å². The monoisotopic (exact) mass is 409 g/mol. The second kappa shape index (κ2) is 9.60. The van der Waals surface area contributed by atoms with E-state index in [9.17, 15) is 19.5 Å². The molecule has 3 rings (SSSR count). The fourth-order valence-electron chi connectivity index (χ4n) is 3.27. The van der Waals surface area contributed by atoms with Crippen LogP contribution in [0.5, 0.6) is 5.75 Å². The zero-order valence-corrected chi connectivity index (χ0v) is 16.3. The molecule has 0 radical (unpaired) electrons. The number of hydrogen-bond acceptors (Lipinski definition) is 4. The minimum absolute atomic E-state index is 0.0550. The first kappa shape index (κ1) is 20.9. The first-order chi connectivity index (χ1) is 14.4. The van der Waals surface area contributed by atoms with Gasteiger partial charge in [-0.15, -0.1) is 0 Å². The van der Waals surface area contributed by atoms with Crippen molar-refractivity contribution < 1.29 is 24.6 Å². The molecule has 1 heterocycles. The molecule has 1 saturated heterocycles. The van der Waals surface area contributed by atoms with Gasteiger partial charge in [-0.1, -0.05) is 30.3 Å². The highest BCUT2D eigenvalue weighted by Gasteiger charge is 2.29. The summed E-state index contributed by atoms with van der Waals surface area (Å²) in [5.41, 5.74) is 1.33. The fourth-order valence-corrected chi connectivity index (χ4v) is 3.27. The predicted molar refractivity (Wildman–Crippen MR) is 112 cm³/mol. The first-order valence-corrected chi connectivity index (χ1v) is 9.53. The lowest BCUT2D eigenvalue weighted by molar-refractivity contribution is -0.130. The third-order valence-electron chi connectivity index (χ3n) is 4.81. The van der Waals surface area contributed by atoms with Crippen LogP contribution in [0.3, 0.4) is 0 Å². The van der Waals surface area contributed by atoms with Crippen molar-refractivity contribution in [2.24, 2.45) is 0 Å². The second-order valence-corrected chi connectivity index (χ2v) is 6.96. The van der Waals surface area contributed by atoms with Gasteiger partial charge in [0.25, 0.3) is 5.91 Å². The number of anilines is 1. The minimum Gasteiger partial charge on any atom is -0.508 e. The molecule has 8 nitrogen and oxygen atoms in total. The molecule has 2 aromatic rings. The molecule has 3 amide bonds. The predicted octanol–water partition coefficient (Wildman–Crippen LogP) is 2.31. The molecule has 1 unspecified atom stereocenters. The first-order valence-electron chi connectivity index (χ1n) is 9.53. The van der Waals surface area contributed by atoms with Gasteiger partial charge in [0.1, 0.15) is 12.3 Å². The maximum atomic E-state index is 12.9. The fraction of sp³-hybridized carbons (Fsp3) is 0.227. The van der Waals surface area contributed by atoms with Crippen molar-refractivity contribution in [2.45, 2.75) is 12.5 Å². The van der Waals surface area contributed by atoms with E-state index in [-0.39, 0.29) is 36.7 Å². The number of phenolic OH excluding ortho intramolecular Hbond substituents is 1. The summed E-state index contributed by atoms with van der Waals surface area (Å²) in [6.07, 6.45) is 2.47. The lowest BCUT2D eigenvalue weighted by Gasteiger charge is -2.24. The van der Waals surface area contributed by atoms with Gasteiger partial charge in [-0.3, -0.25) is 14.5 Å². The molecule has 0 aromatic heterocycles. The zero-order valence-electron chi connectivity index (χ0n) is 16.3. The lowest BCUT2D eigenvalue weighted by Crippen LogP contribution is -2.43. The van der Waals surface area contributed by atoms with Gasteiger partial charge in [0.2, 0.25) is 5.91 Å². The number of nitrogens with zero attached hydrogens (tertiary/aromatic N) is 2. The Morgan fingerprint density at radius 2 is 1.80 bits per heavy atom. The molecule has 0 spiro atoms. The standard InChI is InChI=1S/C22H23N3O5/c26-19-9-7-18(8-10-19)25(20(27)11-6-16-4-2-1-3-5-16)15-21(28)24-13-12-17(14-24)23-22(29)30/h1-11,17,23,26H,12-15H2,(H,29,30)/b11-6+. The number of hydrogen-bond donors (Lipinski definition) is 3. The van der Waals surface area contributed by atoms with E-state index < -0.39 is 6.09 Å². The molecule has 1 atom stereocenters. The second-order valence-electron chi connectivity index (χ2n) is 6.96. The molecule has 30 heavy (non-hydrogen) atoms. The molecule has 0 saturated carbocycles. The molecule has 1 aliphatic rings. The van der Waals surface area contributed by atoms with Crippen LogP contribution < -0.4 is 10.2 Å². The smallest absolute Gasteiger partial charge is 0.404 e. The summed E-state index contributed by atoms with van der Waals surface area (Å²) in [6, 6.07) is 15.0. The van der Waals surface area contributed by atoms with Gasteiger partial charge in [0.15, 0.2) is 0 Å². The van der Waals surface area contributed by atoms with Crippen LogP contribution in [0.15, 0.2) is 60.7 Å². The summed E-state index contributed by atoms with van der Waals surface area (Å²) in [5, 5.41) is 20.8. The van der Waals surface area contributed by atoms with E-state index in [0.29, 0.717) is 18.7 Å². The quantitative estimate of drug-likeness (QED) is 0.634. The molecule has 3 N–H and O–H groups in total. The van der Waals surface area contributed by atoms with Gasteiger partial charge >= 0.3 is 6.09 Å². The highest BCUT2D eigenvalue weighted by Crippen LogP contribution is 2.20. The SMILES string of the molecule is O=C(O)NC1CCN(C(=O)CN(C(=O)/C=C/c2ccccc2)c2ccc(O)cc2)C1. The summed E-state index contributed by atoms with van der Waals surface area (Å²) in [4.78, 5) is 39.3. The maximum absolute atomic E-state index is 12.9. The number of benzene rings is 2. The number of carboxylic acid groups (broad SMARTS) is 1. The van der Waals surface area contributed by atoms with Crippen molar-refractivity contribution >= 4 is 29.7 Å². The van der Waals surface area contributed by atoms with Crippen LogP contribution in [-0.2, 0) is 9.59 Å². The number of carbonyl (C=O) groups excluding carboxylic acids is 2. The van der Waals surface area contributed by atoms with Crippen molar-refractivity contribution in [2.75, 3.05) is 24.5 Å². The molecule has 156 valence electrons. The van der Waals surface area contributed by atoms with Crippen molar-refractivity contribution in [1.29, 1.82) is 0 Å². The number of nitrogens with one attached hydrogen (secondary N) is 1. The summed E-state index contributed by atoms with van der Waals surface area (Å²) in [6.45, 7) is 0.492. The molecule has 8 heteroatoms. The van der Waals surface area contributed by atoms with Crippen molar-refractivity contribution in [3.8, 4) is 5.75 Å². The van der Waals surface area contributed by atoms with E-state index >= 15 is 0 Å². The van der Waals surface area contributed by atoms with Gasteiger partial charge in [-0.2, -0.15) is 0 Å². The summed E-state index contributed by atoms with van der Waals surface area (Å²) in [7, 11) is 0. The summed E-state index contributed by atoms with van der Waals surface area (Å²) in [5.74, 6) is -0.601. The number of rotatable bonds is 6. The topological polar surface area (TPSA) is 110 Å². The van der Waals surface area contributed by atoms with E-state index in [2.05, 4.69) is 5.32 Å². The lowest BCUT2D eigenvalue weighted by atomic mass is 10.2. The Hall–Kier alpha value is -3.81. The zero-order chi connectivity index (χ0) is 21.5. The Morgan fingerprint density at radius 3 is 2.47 bits per heavy atom. The highest BCUT2D eigenvalue weighted by molar-refractivity contribution is 6.06. The number of aromatic hydroxyl groups is 1. The molecule has 1 aliphatic heterocycles.